The maximum Gasteiger partial charge on any atom is 0.258 e. The summed E-state index contributed by atoms with van der Waals surface area (Å²) in [5.74, 6) is 0.250. The first kappa shape index (κ1) is 12.3. The highest BCUT2D eigenvalue weighted by molar-refractivity contribution is 5.64. The molecule has 2 N–H and O–H groups in total. The highest BCUT2D eigenvalue weighted by Gasteiger charge is 2.13. The predicted octanol–water partition coefficient (Wildman–Crippen LogP) is 2.83. The molecule has 0 saturated heterocycles. The van der Waals surface area contributed by atoms with E-state index in [0.717, 1.165) is 11.1 Å². The highest BCUT2D eigenvalue weighted by atomic mass is 19.1. The van der Waals surface area contributed by atoms with Gasteiger partial charge in [-0.2, -0.15) is 4.98 Å². The van der Waals surface area contributed by atoms with Crippen molar-refractivity contribution in [1.29, 1.82) is 0 Å². The Balaban J connectivity index is 2.02. The summed E-state index contributed by atoms with van der Waals surface area (Å²) in [5.41, 5.74) is 7.92. The second-order valence-electron chi connectivity index (χ2n) is 4.35. The molecule has 6 heteroatoms. The lowest BCUT2D eigenvalue weighted by atomic mass is 10.1. The van der Waals surface area contributed by atoms with E-state index in [-0.39, 0.29) is 11.6 Å². The van der Waals surface area contributed by atoms with Crippen LogP contribution in [0.15, 0.2) is 41.2 Å². The van der Waals surface area contributed by atoms with Gasteiger partial charge in [0, 0.05) is 23.5 Å². The summed E-state index contributed by atoms with van der Waals surface area (Å²) >= 11 is 0. The Bertz CT molecular complexity index is 769. The van der Waals surface area contributed by atoms with Crippen molar-refractivity contribution >= 4 is 5.69 Å². The van der Waals surface area contributed by atoms with Crippen LogP contribution in [0, 0.1) is 12.7 Å². The van der Waals surface area contributed by atoms with Crippen LogP contribution >= 0.6 is 0 Å². The van der Waals surface area contributed by atoms with E-state index in [9.17, 15) is 4.39 Å². The quantitative estimate of drug-likeness (QED) is 0.724. The average Bonchev–Trinajstić information content (AvgIpc) is 2.92. The van der Waals surface area contributed by atoms with Crippen molar-refractivity contribution < 1.29 is 8.91 Å². The molecule has 0 saturated carbocycles. The molecule has 0 fully saturated rings. The fraction of sp³-hybridized carbons (Fsp3) is 0.0714. The molecule has 0 radical (unpaired) electrons. The topological polar surface area (TPSA) is 77.8 Å². The molecule has 3 aromatic rings. The molecule has 0 spiro atoms. The number of nitrogens with zero attached hydrogens (tertiary/aromatic N) is 3. The van der Waals surface area contributed by atoms with Gasteiger partial charge in [-0.25, -0.2) is 4.39 Å². The zero-order valence-corrected chi connectivity index (χ0v) is 10.7. The molecule has 0 aliphatic carbocycles. The van der Waals surface area contributed by atoms with E-state index in [1.165, 1.54) is 12.1 Å². The number of halogens is 1. The Morgan fingerprint density at radius 2 is 2.10 bits per heavy atom. The van der Waals surface area contributed by atoms with Crippen LogP contribution in [-0.4, -0.2) is 15.1 Å². The Labute approximate surface area is 114 Å². The Kier molecular flexibility index (Phi) is 2.90. The molecule has 0 aliphatic heterocycles. The second-order valence-corrected chi connectivity index (χ2v) is 4.35. The first-order valence-electron chi connectivity index (χ1n) is 5.95. The Morgan fingerprint density at radius 3 is 2.85 bits per heavy atom. The van der Waals surface area contributed by atoms with Gasteiger partial charge in [-0.15, -0.1) is 0 Å². The fourth-order valence-electron chi connectivity index (χ4n) is 1.83. The molecule has 0 unspecified atom stereocenters. The molecule has 100 valence electrons. The Hall–Kier alpha value is -2.76. The van der Waals surface area contributed by atoms with Crippen molar-refractivity contribution in [2.45, 2.75) is 6.92 Å². The van der Waals surface area contributed by atoms with Crippen LogP contribution in [0.4, 0.5) is 10.1 Å². The number of hydrogen-bond donors (Lipinski definition) is 1. The first-order chi connectivity index (χ1) is 9.65. The average molecular weight is 270 g/mol. The molecule has 3 rings (SSSR count). The highest BCUT2D eigenvalue weighted by Crippen LogP contribution is 2.25. The largest absolute Gasteiger partial charge is 0.396 e. The van der Waals surface area contributed by atoms with Crippen molar-refractivity contribution in [2.75, 3.05) is 5.73 Å². The van der Waals surface area contributed by atoms with E-state index < -0.39 is 5.82 Å². The summed E-state index contributed by atoms with van der Waals surface area (Å²) < 4.78 is 18.3. The number of hydrogen-bond acceptors (Lipinski definition) is 5. The molecular weight excluding hydrogens is 259 g/mol. The molecule has 2 heterocycles. The number of nitrogens with two attached hydrogens (primary N) is 1. The van der Waals surface area contributed by atoms with E-state index in [0.29, 0.717) is 11.4 Å². The van der Waals surface area contributed by atoms with Crippen molar-refractivity contribution in [3.63, 3.8) is 0 Å². The van der Waals surface area contributed by atoms with Crippen LogP contribution in [0.5, 0.6) is 0 Å². The second kappa shape index (κ2) is 4.73. The van der Waals surface area contributed by atoms with Gasteiger partial charge in [0.25, 0.3) is 5.89 Å². The standard InChI is InChI=1S/C14H11FN4O/c1-8-4-5-17-7-10(8)13-18-14(20-19-13)9-2-3-11(15)12(16)6-9/h2-7H,16H2,1H3. The summed E-state index contributed by atoms with van der Waals surface area (Å²) in [7, 11) is 0. The SMILES string of the molecule is Cc1ccncc1-c1noc(-c2ccc(F)c(N)c2)n1. The Morgan fingerprint density at radius 1 is 1.25 bits per heavy atom. The van der Waals surface area contributed by atoms with E-state index in [4.69, 9.17) is 10.3 Å². The lowest BCUT2D eigenvalue weighted by molar-refractivity contribution is 0.432. The maximum atomic E-state index is 13.1. The number of aromatic nitrogens is 3. The predicted molar refractivity (Wildman–Crippen MR) is 72.1 cm³/mol. The summed E-state index contributed by atoms with van der Waals surface area (Å²) in [6.45, 7) is 1.93. The third kappa shape index (κ3) is 2.11. The summed E-state index contributed by atoms with van der Waals surface area (Å²) in [4.78, 5) is 8.32. The van der Waals surface area contributed by atoms with Gasteiger partial charge in [-0.3, -0.25) is 4.98 Å². The molecule has 0 bridgehead atoms. The van der Waals surface area contributed by atoms with Gasteiger partial charge in [-0.05, 0) is 36.8 Å². The van der Waals surface area contributed by atoms with Crippen molar-refractivity contribution in [3.05, 3.63) is 48.0 Å². The normalized spacial score (nSPS) is 10.7. The minimum Gasteiger partial charge on any atom is -0.396 e. The molecule has 1 aromatic carbocycles. The molecule has 0 aliphatic rings. The zero-order chi connectivity index (χ0) is 14.1. The minimum atomic E-state index is -0.475. The van der Waals surface area contributed by atoms with Crippen LogP contribution in [-0.2, 0) is 0 Å². The third-order valence-corrected chi connectivity index (χ3v) is 2.95. The maximum absolute atomic E-state index is 13.1. The van der Waals surface area contributed by atoms with E-state index in [1.54, 1.807) is 18.5 Å². The fourth-order valence-corrected chi connectivity index (χ4v) is 1.83. The summed E-state index contributed by atoms with van der Waals surface area (Å²) in [5, 5.41) is 3.92. The summed E-state index contributed by atoms with van der Waals surface area (Å²) in [6, 6.07) is 6.13. The van der Waals surface area contributed by atoms with Crippen LogP contribution < -0.4 is 5.73 Å². The molecule has 2 aromatic heterocycles. The van der Waals surface area contributed by atoms with Gasteiger partial charge in [0.05, 0.1) is 5.69 Å². The van der Waals surface area contributed by atoms with Gasteiger partial charge >= 0.3 is 0 Å². The smallest absolute Gasteiger partial charge is 0.258 e. The molecule has 5 nitrogen and oxygen atoms in total. The van der Waals surface area contributed by atoms with Crippen LogP contribution in [0.1, 0.15) is 5.56 Å². The molecular formula is C14H11FN4O. The van der Waals surface area contributed by atoms with Crippen molar-refractivity contribution in [2.24, 2.45) is 0 Å². The van der Waals surface area contributed by atoms with E-state index >= 15 is 0 Å². The van der Waals surface area contributed by atoms with Gasteiger partial charge in [-0.1, -0.05) is 5.16 Å². The third-order valence-electron chi connectivity index (χ3n) is 2.95. The number of aryl methyl sites for hydroxylation is 1. The number of anilines is 1. The summed E-state index contributed by atoms with van der Waals surface area (Å²) in [6.07, 6.45) is 3.36. The van der Waals surface area contributed by atoms with Gasteiger partial charge in [0.1, 0.15) is 5.82 Å². The molecule has 0 amide bonds. The van der Waals surface area contributed by atoms with E-state index in [2.05, 4.69) is 15.1 Å². The van der Waals surface area contributed by atoms with Crippen molar-refractivity contribution in [1.82, 2.24) is 15.1 Å². The lowest BCUT2D eigenvalue weighted by Gasteiger charge is -1.98. The van der Waals surface area contributed by atoms with Gasteiger partial charge in [0.2, 0.25) is 5.82 Å². The molecule has 0 atom stereocenters. The lowest BCUT2D eigenvalue weighted by Crippen LogP contribution is -1.91. The zero-order valence-electron chi connectivity index (χ0n) is 10.7. The van der Waals surface area contributed by atoms with Crippen molar-refractivity contribution in [3.8, 4) is 22.8 Å². The number of pyridine rings is 1. The van der Waals surface area contributed by atoms with Gasteiger partial charge in [0.15, 0.2) is 0 Å². The number of benzene rings is 1. The number of rotatable bonds is 2. The van der Waals surface area contributed by atoms with Gasteiger partial charge < -0.3 is 10.3 Å². The van der Waals surface area contributed by atoms with Crippen LogP contribution in [0.25, 0.3) is 22.8 Å². The number of nitrogen functional groups attached to an aromatic ring is 1. The molecule has 20 heavy (non-hydrogen) atoms. The minimum absolute atomic E-state index is 0.0415. The van der Waals surface area contributed by atoms with E-state index in [1.807, 2.05) is 13.0 Å². The van der Waals surface area contributed by atoms with Crippen LogP contribution in [0.2, 0.25) is 0 Å². The monoisotopic (exact) mass is 270 g/mol. The van der Waals surface area contributed by atoms with Crippen LogP contribution in [0.3, 0.4) is 0 Å². The first-order valence-corrected chi connectivity index (χ1v) is 5.95.